The highest BCUT2D eigenvalue weighted by Gasteiger charge is 2.28. The number of nitrogens with zero attached hydrogens (tertiary/aromatic N) is 1. The van der Waals surface area contributed by atoms with E-state index in [2.05, 4.69) is 51.3 Å². The van der Waals surface area contributed by atoms with E-state index in [9.17, 15) is 0 Å². The lowest BCUT2D eigenvalue weighted by molar-refractivity contribution is 0.169. The fourth-order valence-corrected chi connectivity index (χ4v) is 2.66. The first kappa shape index (κ1) is 12.1. The van der Waals surface area contributed by atoms with Crippen molar-refractivity contribution in [3.05, 3.63) is 35.9 Å². The summed E-state index contributed by atoms with van der Waals surface area (Å²) in [6.07, 6.45) is 5.23. The van der Waals surface area contributed by atoms with Gasteiger partial charge in [0, 0.05) is 13.1 Å². The Balaban J connectivity index is 1.85. The molecule has 0 aliphatic carbocycles. The quantitative estimate of drug-likeness (QED) is 0.725. The van der Waals surface area contributed by atoms with Crippen LogP contribution in [0, 0.1) is 5.41 Å². The van der Waals surface area contributed by atoms with Crippen LogP contribution in [0.5, 0.6) is 0 Å². The van der Waals surface area contributed by atoms with Crippen LogP contribution >= 0.6 is 9.39 Å². The van der Waals surface area contributed by atoms with Crippen molar-refractivity contribution in [2.45, 2.75) is 32.6 Å². The van der Waals surface area contributed by atoms with E-state index in [0.29, 0.717) is 5.41 Å². The first-order valence-corrected chi connectivity index (χ1v) is 6.73. The van der Waals surface area contributed by atoms with Crippen LogP contribution in [0.3, 0.4) is 0 Å². The van der Waals surface area contributed by atoms with Gasteiger partial charge in [-0.3, -0.25) is 4.67 Å². The molecule has 1 aliphatic rings. The fourth-order valence-electron chi connectivity index (χ4n) is 2.40. The molecule has 16 heavy (non-hydrogen) atoms. The van der Waals surface area contributed by atoms with Crippen molar-refractivity contribution in [2.75, 3.05) is 13.1 Å². The largest absolute Gasteiger partial charge is 0.287 e. The van der Waals surface area contributed by atoms with E-state index in [1.165, 1.54) is 44.3 Å². The van der Waals surface area contributed by atoms with E-state index < -0.39 is 0 Å². The molecule has 1 fully saturated rings. The Labute approximate surface area is 101 Å². The maximum Gasteiger partial charge on any atom is 0.00213 e. The van der Waals surface area contributed by atoms with Crippen LogP contribution in [0.1, 0.15) is 31.7 Å². The molecule has 2 heteroatoms. The summed E-state index contributed by atoms with van der Waals surface area (Å²) in [5, 5.41) is 0. The topological polar surface area (TPSA) is 3.24 Å². The van der Waals surface area contributed by atoms with E-state index in [-0.39, 0.29) is 0 Å². The molecule has 2 rings (SSSR count). The fraction of sp³-hybridized carbons (Fsp3) is 0.571. The van der Waals surface area contributed by atoms with Gasteiger partial charge in [-0.2, -0.15) is 0 Å². The highest BCUT2D eigenvalue weighted by Crippen LogP contribution is 2.36. The van der Waals surface area contributed by atoms with Gasteiger partial charge in [0.1, 0.15) is 0 Å². The highest BCUT2D eigenvalue weighted by molar-refractivity contribution is 7.13. The molecule has 1 nitrogen and oxygen atoms in total. The standard InChI is InChI=1S/C14H22NP/c1-14(9-11-15(16)12-10-14)8-7-13-5-3-2-4-6-13/h2-6H,7-12,16H2,1H3. The molecule has 1 aliphatic heterocycles. The molecule has 1 heterocycles. The maximum atomic E-state index is 2.83. The van der Waals surface area contributed by atoms with Gasteiger partial charge < -0.3 is 0 Å². The molecular weight excluding hydrogens is 213 g/mol. The second kappa shape index (κ2) is 5.29. The lowest BCUT2D eigenvalue weighted by Crippen LogP contribution is -2.33. The summed E-state index contributed by atoms with van der Waals surface area (Å²) in [6.45, 7) is 4.92. The van der Waals surface area contributed by atoms with E-state index in [0.717, 1.165) is 0 Å². The van der Waals surface area contributed by atoms with Gasteiger partial charge in [-0.15, -0.1) is 0 Å². The summed E-state index contributed by atoms with van der Waals surface area (Å²) >= 11 is 0. The number of aryl methyl sites for hydroxylation is 1. The van der Waals surface area contributed by atoms with Gasteiger partial charge in [0.2, 0.25) is 0 Å². The van der Waals surface area contributed by atoms with E-state index in [4.69, 9.17) is 0 Å². The molecule has 0 aromatic heterocycles. The molecule has 1 aromatic rings. The minimum atomic E-state index is 0.558. The summed E-state index contributed by atoms with van der Waals surface area (Å²) in [5.74, 6) is 0. The predicted molar refractivity (Wildman–Crippen MR) is 73.4 cm³/mol. The zero-order chi connectivity index (χ0) is 11.4. The number of hydrogen-bond donors (Lipinski definition) is 0. The van der Waals surface area contributed by atoms with Crippen molar-refractivity contribution in [1.29, 1.82) is 0 Å². The zero-order valence-corrected chi connectivity index (χ0v) is 11.3. The molecular formula is C14H22NP. The third-order valence-electron chi connectivity index (χ3n) is 3.87. The van der Waals surface area contributed by atoms with Crippen LogP contribution in [-0.4, -0.2) is 17.8 Å². The first-order valence-electron chi connectivity index (χ1n) is 6.22. The molecule has 0 saturated carbocycles. The van der Waals surface area contributed by atoms with Gasteiger partial charge in [0.15, 0.2) is 0 Å². The Kier molecular flexibility index (Phi) is 4.00. The Morgan fingerprint density at radius 1 is 1.19 bits per heavy atom. The molecule has 88 valence electrons. The Morgan fingerprint density at radius 3 is 2.44 bits per heavy atom. The van der Waals surface area contributed by atoms with Gasteiger partial charge in [-0.25, -0.2) is 0 Å². The van der Waals surface area contributed by atoms with Crippen molar-refractivity contribution >= 4 is 9.39 Å². The van der Waals surface area contributed by atoms with Crippen molar-refractivity contribution in [2.24, 2.45) is 5.41 Å². The lowest BCUT2D eigenvalue weighted by Gasteiger charge is -2.37. The molecule has 1 saturated heterocycles. The molecule has 1 atom stereocenters. The van der Waals surface area contributed by atoms with Gasteiger partial charge in [-0.05, 0) is 36.7 Å². The summed E-state index contributed by atoms with van der Waals surface area (Å²) < 4.78 is 2.37. The molecule has 0 spiro atoms. The molecule has 0 radical (unpaired) electrons. The Bertz CT molecular complexity index is 315. The second-order valence-electron chi connectivity index (χ2n) is 5.33. The van der Waals surface area contributed by atoms with Crippen molar-refractivity contribution in [3.63, 3.8) is 0 Å². The molecule has 0 N–H and O–H groups in total. The van der Waals surface area contributed by atoms with Crippen LogP contribution in [0.4, 0.5) is 0 Å². The highest BCUT2D eigenvalue weighted by atomic mass is 31.0. The molecule has 0 amide bonds. The third-order valence-corrected chi connectivity index (χ3v) is 4.38. The first-order chi connectivity index (χ1) is 7.68. The molecule has 0 bridgehead atoms. The lowest BCUT2D eigenvalue weighted by atomic mass is 9.76. The summed E-state index contributed by atoms with van der Waals surface area (Å²) in [7, 11) is 2.83. The SMILES string of the molecule is CC1(CCc2ccccc2)CCN(P)CC1. The maximum absolute atomic E-state index is 2.83. The Hall–Kier alpha value is -0.390. The minimum absolute atomic E-state index is 0.558. The average molecular weight is 235 g/mol. The van der Waals surface area contributed by atoms with E-state index in [1.54, 1.807) is 0 Å². The normalized spacial score (nSPS) is 20.9. The average Bonchev–Trinajstić information content (AvgIpc) is 2.33. The summed E-state index contributed by atoms with van der Waals surface area (Å²) in [6, 6.07) is 10.9. The van der Waals surface area contributed by atoms with Gasteiger partial charge in [0.05, 0.1) is 0 Å². The van der Waals surface area contributed by atoms with Crippen LogP contribution in [-0.2, 0) is 6.42 Å². The van der Waals surface area contributed by atoms with Crippen molar-refractivity contribution < 1.29 is 0 Å². The van der Waals surface area contributed by atoms with Crippen LogP contribution in [0.15, 0.2) is 30.3 Å². The molecule has 1 aromatic carbocycles. The smallest absolute Gasteiger partial charge is 0.00213 e. The van der Waals surface area contributed by atoms with E-state index >= 15 is 0 Å². The minimum Gasteiger partial charge on any atom is -0.287 e. The third kappa shape index (κ3) is 3.30. The monoisotopic (exact) mass is 235 g/mol. The van der Waals surface area contributed by atoms with Gasteiger partial charge in [0.25, 0.3) is 0 Å². The van der Waals surface area contributed by atoms with Crippen LogP contribution < -0.4 is 0 Å². The number of benzene rings is 1. The number of piperidine rings is 1. The van der Waals surface area contributed by atoms with E-state index in [1.807, 2.05) is 0 Å². The summed E-state index contributed by atoms with van der Waals surface area (Å²) in [5.41, 5.74) is 2.04. The number of rotatable bonds is 3. The second-order valence-corrected chi connectivity index (χ2v) is 6.06. The predicted octanol–water partition coefficient (Wildman–Crippen LogP) is 3.51. The van der Waals surface area contributed by atoms with Crippen molar-refractivity contribution in [1.82, 2.24) is 4.67 Å². The number of hydrogen-bond acceptors (Lipinski definition) is 1. The van der Waals surface area contributed by atoms with Gasteiger partial charge in [-0.1, -0.05) is 46.6 Å². The molecule has 1 unspecified atom stereocenters. The van der Waals surface area contributed by atoms with Crippen LogP contribution in [0.25, 0.3) is 0 Å². The van der Waals surface area contributed by atoms with Crippen LogP contribution in [0.2, 0.25) is 0 Å². The zero-order valence-electron chi connectivity index (χ0n) is 10.2. The van der Waals surface area contributed by atoms with Gasteiger partial charge >= 0.3 is 0 Å². The van der Waals surface area contributed by atoms with Crippen molar-refractivity contribution in [3.8, 4) is 0 Å². The summed E-state index contributed by atoms with van der Waals surface area (Å²) in [4.78, 5) is 0. The Morgan fingerprint density at radius 2 is 1.81 bits per heavy atom.